The highest BCUT2D eigenvalue weighted by atomic mass is 79.9. The monoisotopic (exact) mass is 253 g/mol. The van der Waals surface area contributed by atoms with E-state index in [1.807, 2.05) is 12.1 Å². The van der Waals surface area contributed by atoms with E-state index >= 15 is 0 Å². The van der Waals surface area contributed by atoms with E-state index in [9.17, 15) is 4.79 Å². The van der Waals surface area contributed by atoms with Gasteiger partial charge in [0.15, 0.2) is 0 Å². The number of fused-ring (bicyclic) bond motifs is 1. The Labute approximate surface area is 91.8 Å². The predicted octanol–water partition coefficient (Wildman–Crippen LogP) is 2.18. The standard InChI is InChI=1S/C11H12BrNO/c1-7(14)13-11-9-5-3-2-4-8(9)6-10(11)12/h2-5,10-11H,6H2,1H3,(H,13,14)/t10-,11+/m1/s1. The zero-order chi connectivity index (χ0) is 10.1. The third-order valence-corrected chi connectivity index (χ3v) is 3.38. The number of halogens is 1. The number of nitrogens with one attached hydrogen (secondary N) is 1. The summed E-state index contributed by atoms with van der Waals surface area (Å²) in [6.45, 7) is 1.56. The molecule has 14 heavy (non-hydrogen) atoms. The summed E-state index contributed by atoms with van der Waals surface area (Å²) in [5.74, 6) is 0.0242. The Balaban J connectivity index is 2.30. The second-order valence-electron chi connectivity index (χ2n) is 3.60. The largest absolute Gasteiger partial charge is 0.348 e. The molecule has 1 aliphatic rings. The number of hydrogen-bond acceptors (Lipinski definition) is 1. The van der Waals surface area contributed by atoms with Gasteiger partial charge >= 0.3 is 0 Å². The number of amides is 1. The summed E-state index contributed by atoms with van der Waals surface area (Å²) in [5, 5.41) is 2.96. The molecule has 2 atom stereocenters. The van der Waals surface area contributed by atoms with E-state index in [-0.39, 0.29) is 11.9 Å². The lowest BCUT2D eigenvalue weighted by Crippen LogP contribution is -2.29. The molecule has 74 valence electrons. The molecule has 0 saturated carbocycles. The lowest BCUT2D eigenvalue weighted by atomic mass is 10.1. The van der Waals surface area contributed by atoms with Crippen LogP contribution in [-0.4, -0.2) is 10.7 Å². The van der Waals surface area contributed by atoms with Gasteiger partial charge in [-0.2, -0.15) is 0 Å². The van der Waals surface area contributed by atoms with Crippen molar-refractivity contribution in [2.24, 2.45) is 0 Å². The molecule has 1 amide bonds. The summed E-state index contributed by atoms with van der Waals surface area (Å²) in [4.78, 5) is 11.3. The van der Waals surface area contributed by atoms with Crippen LogP contribution in [0.25, 0.3) is 0 Å². The summed E-state index contributed by atoms with van der Waals surface area (Å²) >= 11 is 3.60. The molecule has 1 aliphatic carbocycles. The molecule has 1 aromatic rings. The third-order valence-electron chi connectivity index (χ3n) is 2.53. The predicted molar refractivity (Wildman–Crippen MR) is 59.4 cm³/mol. The van der Waals surface area contributed by atoms with Crippen LogP contribution >= 0.6 is 15.9 Å². The van der Waals surface area contributed by atoms with Crippen molar-refractivity contribution in [3.05, 3.63) is 35.4 Å². The van der Waals surface area contributed by atoms with Crippen molar-refractivity contribution in [1.82, 2.24) is 5.32 Å². The summed E-state index contributed by atoms with van der Waals surface area (Å²) in [5.41, 5.74) is 2.57. The fourth-order valence-electron chi connectivity index (χ4n) is 1.93. The molecule has 3 heteroatoms. The molecule has 0 unspecified atom stereocenters. The Morgan fingerprint density at radius 3 is 2.93 bits per heavy atom. The van der Waals surface area contributed by atoms with Gasteiger partial charge in [-0.3, -0.25) is 4.79 Å². The lowest BCUT2D eigenvalue weighted by Gasteiger charge is -2.16. The highest BCUT2D eigenvalue weighted by Crippen LogP contribution is 2.35. The molecule has 0 saturated heterocycles. The highest BCUT2D eigenvalue weighted by Gasteiger charge is 2.30. The minimum Gasteiger partial charge on any atom is -0.348 e. The Morgan fingerprint density at radius 1 is 1.50 bits per heavy atom. The van der Waals surface area contributed by atoms with Crippen LogP contribution in [0.3, 0.4) is 0 Å². The van der Waals surface area contributed by atoms with Crippen LogP contribution in [0.4, 0.5) is 0 Å². The maximum absolute atomic E-state index is 11.0. The van der Waals surface area contributed by atoms with Gasteiger partial charge in [0, 0.05) is 11.8 Å². The maximum atomic E-state index is 11.0. The average Bonchev–Trinajstić information content (AvgIpc) is 2.43. The molecule has 0 fully saturated rings. The summed E-state index contributed by atoms with van der Waals surface area (Å²) in [6.07, 6.45) is 0.987. The molecule has 0 aromatic heterocycles. The zero-order valence-corrected chi connectivity index (χ0v) is 9.54. The van der Waals surface area contributed by atoms with Crippen LogP contribution in [0.15, 0.2) is 24.3 Å². The Hall–Kier alpha value is -0.830. The van der Waals surface area contributed by atoms with E-state index in [2.05, 4.69) is 33.4 Å². The maximum Gasteiger partial charge on any atom is 0.217 e. The molecule has 1 aromatic carbocycles. The van der Waals surface area contributed by atoms with E-state index in [1.54, 1.807) is 6.92 Å². The Bertz CT molecular complexity index is 364. The summed E-state index contributed by atoms with van der Waals surface area (Å²) < 4.78 is 0. The molecule has 0 heterocycles. The molecular weight excluding hydrogens is 242 g/mol. The molecule has 0 spiro atoms. The molecule has 2 rings (SSSR count). The second kappa shape index (κ2) is 3.73. The van der Waals surface area contributed by atoms with Gasteiger partial charge in [-0.1, -0.05) is 40.2 Å². The fraction of sp³-hybridized carbons (Fsp3) is 0.364. The van der Waals surface area contributed by atoms with E-state index in [1.165, 1.54) is 11.1 Å². The number of alkyl halides is 1. The minimum absolute atomic E-state index is 0.0242. The van der Waals surface area contributed by atoms with Crippen LogP contribution in [0.5, 0.6) is 0 Å². The minimum atomic E-state index is 0.0242. The van der Waals surface area contributed by atoms with Crippen LogP contribution < -0.4 is 5.32 Å². The van der Waals surface area contributed by atoms with Crippen molar-refractivity contribution in [2.45, 2.75) is 24.2 Å². The molecular formula is C11H12BrNO. The zero-order valence-electron chi connectivity index (χ0n) is 7.96. The van der Waals surface area contributed by atoms with Gasteiger partial charge in [0.25, 0.3) is 0 Å². The smallest absolute Gasteiger partial charge is 0.217 e. The number of hydrogen-bond donors (Lipinski definition) is 1. The molecule has 1 N–H and O–H groups in total. The van der Waals surface area contributed by atoms with Gasteiger partial charge in [-0.25, -0.2) is 0 Å². The van der Waals surface area contributed by atoms with Gasteiger partial charge in [0.05, 0.1) is 6.04 Å². The van der Waals surface area contributed by atoms with Crippen LogP contribution in [0, 0.1) is 0 Å². The van der Waals surface area contributed by atoms with E-state index in [0.29, 0.717) is 4.83 Å². The molecule has 0 aliphatic heterocycles. The van der Waals surface area contributed by atoms with Crippen molar-refractivity contribution in [1.29, 1.82) is 0 Å². The number of carbonyl (C=O) groups is 1. The van der Waals surface area contributed by atoms with Crippen molar-refractivity contribution >= 4 is 21.8 Å². The molecule has 0 radical (unpaired) electrons. The first-order valence-electron chi connectivity index (χ1n) is 4.67. The van der Waals surface area contributed by atoms with Crippen molar-refractivity contribution in [2.75, 3.05) is 0 Å². The van der Waals surface area contributed by atoms with Gasteiger partial charge in [-0.15, -0.1) is 0 Å². The van der Waals surface area contributed by atoms with Gasteiger partial charge in [0.2, 0.25) is 5.91 Å². The van der Waals surface area contributed by atoms with Crippen LogP contribution in [-0.2, 0) is 11.2 Å². The third kappa shape index (κ3) is 1.69. The molecule has 2 nitrogen and oxygen atoms in total. The van der Waals surface area contributed by atoms with Crippen molar-refractivity contribution in [3.63, 3.8) is 0 Å². The van der Waals surface area contributed by atoms with Crippen LogP contribution in [0.1, 0.15) is 24.1 Å². The Kier molecular flexibility index (Phi) is 2.59. The topological polar surface area (TPSA) is 29.1 Å². The van der Waals surface area contributed by atoms with Crippen LogP contribution in [0.2, 0.25) is 0 Å². The average molecular weight is 254 g/mol. The fourth-order valence-corrected chi connectivity index (χ4v) is 2.70. The first-order chi connectivity index (χ1) is 6.68. The van der Waals surface area contributed by atoms with Gasteiger partial charge in [0.1, 0.15) is 0 Å². The quantitative estimate of drug-likeness (QED) is 0.764. The van der Waals surface area contributed by atoms with Gasteiger partial charge in [-0.05, 0) is 17.5 Å². The Morgan fingerprint density at radius 2 is 2.21 bits per heavy atom. The van der Waals surface area contributed by atoms with E-state index in [0.717, 1.165) is 6.42 Å². The lowest BCUT2D eigenvalue weighted by molar-refractivity contribution is -0.119. The normalized spacial score (nSPS) is 24.4. The first-order valence-corrected chi connectivity index (χ1v) is 5.59. The number of carbonyl (C=O) groups excluding carboxylic acids is 1. The van der Waals surface area contributed by atoms with Crippen molar-refractivity contribution in [3.8, 4) is 0 Å². The first kappa shape index (κ1) is 9.71. The highest BCUT2D eigenvalue weighted by molar-refractivity contribution is 9.09. The SMILES string of the molecule is CC(=O)N[C@H]1c2ccccc2C[C@H]1Br. The van der Waals surface area contributed by atoms with E-state index < -0.39 is 0 Å². The van der Waals surface area contributed by atoms with E-state index in [4.69, 9.17) is 0 Å². The second-order valence-corrected chi connectivity index (χ2v) is 4.77. The number of rotatable bonds is 1. The molecule has 0 bridgehead atoms. The number of benzene rings is 1. The summed E-state index contributed by atoms with van der Waals surface area (Å²) in [7, 11) is 0. The van der Waals surface area contributed by atoms with Crippen molar-refractivity contribution < 1.29 is 4.79 Å². The summed E-state index contributed by atoms with van der Waals surface area (Å²) in [6, 6.07) is 8.37. The van der Waals surface area contributed by atoms with Gasteiger partial charge < -0.3 is 5.32 Å².